The highest BCUT2D eigenvalue weighted by atomic mass is 16.5. The Balaban J connectivity index is 1.35. The van der Waals surface area contributed by atoms with E-state index in [9.17, 15) is 14.7 Å². The van der Waals surface area contributed by atoms with Crippen molar-refractivity contribution in [2.45, 2.75) is 31.5 Å². The van der Waals surface area contributed by atoms with E-state index in [-0.39, 0.29) is 24.4 Å². The summed E-state index contributed by atoms with van der Waals surface area (Å²) in [6.07, 6.45) is 0.891. The number of amides is 2. The zero-order valence-corrected chi connectivity index (χ0v) is 15.5. The van der Waals surface area contributed by atoms with Gasteiger partial charge in [-0.1, -0.05) is 18.2 Å². The number of carbonyl (C=O) groups excluding carboxylic acids is 2. The lowest BCUT2D eigenvalue weighted by Gasteiger charge is -2.36. The maximum Gasteiger partial charge on any atom is 0.254 e. The van der Waals surface area contributed by atoms with Crippen molar-refractivity contribution < 1.29 is 19.4 Å². The van der Waals surface area contributed by atoms with Crippen LogP contribution in [0.5, 0.6) is 0 Å². The number of morpholine rings is 1. The van der Waals surface area contributed by atoms with Crippen LogP contribution in [0.25, 0.3) is 0 Å². The van der Waals surface area contributed by atoms with Crippen LogP contribution < -0.4 is 0 Å². The van der Waals surface area contributed by atoms with Crippen LogP contribution in [0.2, 0.25) is 0 Å². The fourth-order valence-electron chi connectivity index (χ4n) is 4.36. The van der Waals surface area contributed by atoms with Gasteiger partial charge in [0, 0.05) is 44.3 Å². The number of ether oxygens (including phenoxy) is 1. The van der Waals surface area contributed by atoms with Crippen molar-refractivity contribution >= 4 is 11.8 Å². The normalized spacial score (nSPS) is 26.8. The molecule has 1 aromatic carbocycles. The van der Waals surface area contributed by atoms with E-state index in [1.54, 1.807) is 9.80 Å². The molecule has 7 heteroatoms. The molecule has 1 aromatic rings. The molecule has 0 aliphatic carbocycles. The molecule has 2 atom stereocenters. The van der Waals surface area contributed by atoms with Crippen LogP contribution >= 0.6 is 0 Å². The Bertz CT molecular complexity index is 704. The molecule has 3 aliphatic rings. The van der Waals surface area contributed by atoms with Gasteiger partial charge in [0.05, 0.1) is 19.3 Å². The Kier molecular flexibility index (Phi) is 5.43. The first kappa shape index (κ1) is 18.4. The van der Waals surface area contributed by atoms with Crippen molar-refractivity contribution in [3.63, 3.8) is 0 Å². The summed E-state index contributed by atoms with van der Waals surface area (Å²) in [5.41, 5.74) is 1.68. The molecule has 0 unspecified atom stereocenters. The minimum atomic E-state index is -0.432. The van der Waals surface area contributed by atoms with Gasteiger partial charge in [0.2, 0.25) is 5.91 Å². The summed E-state index contributed by atoms with van der Waals surface area (Å²) in [5, 5.41) is 10.6. The van der Waals surface area contributed by atoms with Gasteiger partial charge in [-0.2, -0.15) is 0 Å². The molecule has 3 heterocycles. The molecule has 27 heavy (non-hydrogen) atoms. The van der Waals surface area contributed by atoms with E-state index in [1.807, 2.05) is 24.3 Å². The Morgan fingerprint density at radius 3 is 2.63 bits per heavy atom. The predicted octanol–water partition coefficient (Wildman–Crippen LogP) is 0.327. The summed E-state index contributed by atoms with van der Waals surface area (Å²) >= 11 is 0. The number of rotatable bonds is 3. The van der Waals surface area contributed by atoms with Crippen LogP contribution in [0.4, 0.5) is 0 Å². The fraction of sp³-hybridized carbons (Fsp3) is 0.600. The van der Waals surface area contributed by atoms with Crippen LogP contribution in [0, 0.1) is 0 Å². The predicted molar refractivity (Wildman–Crippen MR) is 99.2 cm³/mol. The van der Waals surface area contributed by atoms with Gasteiger partial charge in [0.15, 0.2) is 0 Å². The molecule has 7 nitrogen and oxygen atoms in total. The maximum atomic E-state index is 12.8. The number of carbonyl (C=O) groups is 2. The van der Waals surface area contributed by atoms with E-state index in [1.165, 1.54) is 0 Å². The molecule has 4 rings (SSSR count). The monoisotopic (exact) mass is 373 g/mol. The Labute approximate surface area is 159 Å². The summed E-state index contributed by atoms with van der Waals surface area (Å²) in [5.74, 6) is -0.106. The van der Waals surface area contributed by atoms with Crippen LogP contribution in [-0.2, 0) is 16.1 Å². The highest BCUT2D eigenvalue weighted by Gasteiger charge is 2.34. The molecule has 0 saturated carbocycles. The first-order chi connectivity index (χ1) is 13.1. The van der Waals surface area contributed by atoms with Crippen LogP contribution in [0.3, 0.4) is 0 Å². The minimum Gasteiger partial charge on any atom is -0.391 e. The lowest BCUT2D eigenvalue weighted by Crippen LogP contribution is -2.49. The largest absolute Gasteiger partial charge is 0.391 e. The lowest BCUT2D eigenvalue weighted by molar-refractivity contribution is -0.132. The third-order valence-electron chi connectivity index (χ3n) is 5.92. The number of hydrogen-bond acceptors (Lipinski definition) is 5. The Morgan fingerprint density at radius 1 is 1.11 bits per heavy atom. The third kappa shape index (κ3) is 3.85. The van der Waals surface area contributed by atoms with Crippen LogP contribution in [0.15, 0.2) is 24.3 Å². The van der Waals surface area contributed by atoms with Gasteiger partial charge in [-0.05, 0) is 24.5 Å². The van der Waals surface area contributed by atoms with Crippen molar-refractivity contribution in [1.29, 1.82) is 0 Å². The highest BCUT2D eigenvalue weighted by Crippen LogP contribution is 2.23. The van der Waals surface area contributed by atoms with E-state index in [4.69, 9.17) is 4.74 Å². The minimum absolute atomic E-state index is 0.0361. The molecule has 0 bridgehead atoms. The average molecular weight is 373 g/mol. The van der Waals surface area contributed by atoms with Gasteiger partial charge in [-0.15, -0.1) is 0 Å². The summed E-state index contributed by atoms with van der Waals surface area (Å²) in [4.78, 5) is 31.0. The van der Waals surface area contributed by atoms with Gasteiger partial charge in [0.1, 0.15) is 6.54 Å². The molecule has 0 spiro atoms. The van der Waals surface area contributed by atoms with E-state index >= 15 is 0 Å². The zero-order chi connectivity index (χ0) is 18.8. The number of aliphatic hydroxyl groups excluding tert-OH is 1. The van der Waals surface area contributed by atoms with Crippen molar-refractivity contribution in [3.8, 4) is 0 Å². The molecule has 0 radical (unpaired) electrons. The number of nitrogens with zero attached hydrogens (tertiary/aromatic N) is 3. The molecular formula is C20H27N3O4. The van der Waals surface area contributed by atoms with Gasteiger partial charge < -0.3 is 19.6 Å². The second-order valence-electron chi connectivity index (χ2n) is 7.56. The smallest absolute Gasteiger partial charge is 0.254 e. The summed E-state index contributed by atoms with van der Waals surface area (Å²) in [7, 11) is 0. The summed E-state index contributed by atoms with van der Waals surface area (Å²) in [6.45, 7) is 4.81. The van der Waals surface area contributed by atoms with Gasteiger partial charge in [-0.3, -0.25) is 14.5 Å². The summed E-state index contributed by atoms with van der Waals surface area (Å²) in [6, 6.07) is 7.60. The fourth-order valence-corrected chi connectivity index (χ4v) is 4.36. The number of hydrogen-bond donors (Lipinski definition) is 1. The molecule has 2 amide bonds. The average Bonchev–Trinajstić information content (AvgIpc) is 2.87. The number of benzene rings is 1. The quantitative estimate of drug-likeness (QED) is 0.827. The molecule has 2 fully saturated rings. The molecule has 0 aromatic heterocycles. The highest BCUT2D eigenvalue weighted by molar-refractivity contribution is 6.00. The second-order valence-corrected chi connectivity index (χ2v) is 7.56. The third-order valence-corrected chi connectivity index (χ3v) is 5.92. The first-order valence-electron chi connectivity index (χ1n) is 9.78. The van der Waals surface area contributed by atoms with Crippen molar-refractivity contribution in [2.24, 2.45) is 0 Å². The molecule has 146 valence electrons. The van der Waals surface area contributed by atoms with Crippen molar-refractivity contribution in [3.05, 3.63) is 35.4 Å². The van der Waals surface area contributed by atoms with Gasteiger partial charge in [0.25, 0.3) is 5.91 Å². The maximum absolute atomic E-state index is 12.8. The number of fused-ring (bicyclic) bond motifs is 1. The SMILES string of the molecule is O=C(CN1Cc2ccccc2C1=O)N1CC[C@H](O)[C@@H](N2CCOCC2)CC1. The van der Waals surface area contributed by atoms with E-state index in [0.29, 0.717) is 44.8 Å². The Morgan fingerprint density at radius 2 is 1.85 bits per heavy atom. The van der Waals surface area contributed by atoms with Crippen molar-refractivity contribution in [1.82, 2.24) is 14.7 Å². The second kappa shape index (κ2) is 7.96. The van der Waals surface area contributed by atoms with E-state index < -0.39 is 6.10 Å². The molecule has 2 saturated heterocycles. The molecule has 1 N–H and O–H groups in total. The number of aliphatic hydroxyl groups is 1. The lowest BCUT2D eigenvalue weighted by atomic mass is 10.0. The van der Waals surface area contributed by atoms with E-state index in [2.05, 4.69) is 4.90 Å². The topological polar surface area (TPSA) is 73.3 Å². The molecular weight excluding hydrogens is 346 g/mol. The Hall–Kier alpha value is -1.96. The van der Waals surface area contributed by atoms with Crippen LogP contribution in [0.1, 0.15) is 28.8 Å². The van der Waals surface area contributed by atoms with Crippen LogP contribution in [-0.4, -0.2) is 89.7 Å². The van der Waals surface area contributed by atoms with E-state index in [0.717, 1.165) is 25.1 Å². The zero-order valence-electron chi connectivity index (χ0n) is 15.5. The van der Waals surface area contributed by atoms with Gasteiger partial charge >= 0.3 is 0 Å². The van der Waals surface area contributed by atoms with Crippen molar-refractivity contribution in [2.75, 3.05) is 45.9 Å². The standard InChI is InChI=1S/C20H27N3O4/c24-18-6-8-22(7-5-17(18)21-9-11-27-12-10-21)19(25)14-23-13-15-3-1-2-4-16(15)20(23)26/h1-4,17-18,24H,5-14H2/t17-,18-/m0/s1. The number of likely N-dealkylation sites (tertiary alicyclic amines) is 1. The summed E-state index contributed by atoms with van der Waals surface area (Å²) < 4.78 is 5.40. The van der Waals surface area contributed by atoms with Gasteiger partial charge in [-0.25, -0.2) is 0 Å². The molecule has 3 aliphatic heterocycles. The first-order valence-corrected chi connectivity index (χ1v) is 9.78.